The number of benzene rings is 1. The van der Waals surface area contributed by atoms with E-state index >= 15 is 0 Å². The van der Waals surface area contributed by atoms with Crippen molar-refractivity contribution in [2.75, 3.05) is 13.2 Å². The van der Waals surface area contributed by atoms with Crippen LogP contribution in [0.3, 0.4) is 0 Å². The minimum atomic E-state index is -0.169. The van der Waals surface area contributed by atoms with E-state index in [1.807, 2.05) is 19.9 Å². The SMILES string of the molecule is CCOCC(C)Oc1cc(C#N)ccc1C(C)=O. The number of ketones is 1. The summed E-state index contributed by atoms with van der Waals surface area (Å²) < 4.78 is 10.9. The van der Waals surface area contributed by atoms with E-state index in [9.17, 15) is 4.79 Å². The number of hydrogen-bond donors (Lipinski definition) is 0. The van der Waals surface area contributed by atoms with Gasteiger partial charge in [-0.05, 0) is 39.0 Å². The lowest BCUT2D eigenvalue weighted by Gasteiger charge is -2.16. The first-order chi connectivity index (χ1) is 8.58. The summed E-state index contributed by atoms with van der Waals surface area (Å²) in [6.45, 7) is 6.31. The molecule has 0 N–H and O–H groups in total. The summed E-state index contributed by atoms with van der Waals surface area (Å²) >= 11 is 0. The number of hydrogen-bond acceptors (Lipinski definition) is 4. The fourth-order valence-corrected chi connectivity index (χ4v) is 1.51. The molecular weight excluding hydrogens is 230 g/mol. The summed E-state index contributed by atoms with van der Waals surface area (Å²) in [6, 6.07) is 6.83. The standard InChI is InChI=1S/C14H17NO3/c1-4-17-9-10(2)18-14-7-12(8-15)5-6-13(14)11(3)16/h5-7,10H,4,9H2,1-3H3. The minimum Gasteiger partial charge on any atom is -0.488 e. The van der Waals surface area contributed by atoms with Gasteiger partial charge >= 0.3 is 0 Å². The summed E-state index contributed by atoms with van der Waals surface area (Å²) in [6.07, 6.45) is -0.169. The number of Topliss-reactive ketones (excluding diaryl/α,β-unsaturated/α-hetero) is 1. The van der Waals surface area contributed by atoms with Gasteiger partial charge in [0.1, 0.15) is 11.9 Å². The maximum Gasteiger partial charge on any atom is 0.163 e. The molecule has 1 rings (SSSR count). The molecule has 0 saturated heterocycles. The Labute approximate surface area is 107 Å². The van der Waals surface area contributed by atoms with Crippen LogP contribution in [-0.2, 0) is 4.74 Å². The molecule has 0 spiro atoms. The molecule has 1 unspecified atom stereocenters. The first-order valence-corrected chi connectivity index (χ1v) is 5.88. The van der Waals surface area contributed by atoms with Gasteiger partial charge in [0.25, 0.3) is 0 Å². The monoisotopic (exact) mass is 247 g/mol. The molecular formula is C14H17NO3. The first kappa shape index (κ1) is 14.2. The second-order valence-corrected chi connectivity index (χ2v) is 3.97. The van der Waals surface area contributed by atoms with Crippen molar-refractivity contribution in [3.8, 4) is 11.8 Å². The third kappa shape index (κ3) is 3.86. The van der Waals surface area contributed by atoms with Crippen LogP contribution in [0.2, 0.25) is 0 Å². The summed E-state index contributed by atoms with van der Waals surface area (Å²) in [7, 11) is 0. The molecule has 1 atom stereocenters. The van der Waals surface area contributed by atoms with Gasteiger partial charge in [0.2, 0.25) is 0 Å². The largest absolute Gasteiger partial charge is 0.488 e. The van der Waals surface area contributed by atoms with Gasteiger partial charge in [-0.2, -0.15) is 5.26 Å². The molecule has 0 aromatic heterocycles. The van der Waals surface area contributed by atoms with Crippen molar-refractivity contribution < 1.29 is 14.3 Å². The van der Waals surface area contributed by atoms with Crippen LogP contribution in [-0.4, -0.2) is 25.1 Å². The molecule has 0 radical (unpaired) electrons. The van der Waals surface area contributed by atoms with Crippen molar-refractivity contribution in [3.63, 3.8) is 0 Å². The lowest BCUT2D eigenvalue weighted by atomic mass is 10.1. The normalized spacial score (nSPS) is 11.7. The first-order valence-electron chi connectivity index (χ1n) is 5.88. The van der Waals surface area contributed by atoms with E-state index in [-0.39, 0.29) is 11.9 Å². The van der Waals surface area contributed by atoms with Crippen molar-refractivity contribution in [1.82, 2.24) is 0 Å². The Morgan fingerprint density at radius 2 is 2.22 bits per heavy atom. The van der Waals surface area contributed by atoms with E-state index < -0.39 is 0 Å². The molecule has 1 aromatic rings. The van der Waals surface area contributed by atoms with Gasteiger partial charge in [0.05, 0.1) is 23.8 Å². The van der Waals surface area contributed by atoms with Crippen molar-refractivity contribution >= 4 is 5.78 Å². The summed E-state index contributed by atoms with van der Waals surface area (Å²) in [5, 5.41) is 8.85. The second kappa shape index (κ2) is 6.77. The molecule has 4 nitrogen and oxygen atoms in total. The van der Waals surface area contributed by atoms with E-state index in [0.29, 0.717) is 30.1 Å². The highest BCUT2D eigenvalue weighted by molar-refractivity contribution is 5.97. The molecule has 0 saturated carbocycles. The van der Waals surface area contributed by atoms with Crippen LogP contribution in [0.4, 0.5) is 0 Å². The number of carbonyl (C=O) groups is 1. The van der Waals surface area contributed by atoms with Crippen molar-refractivity contribution in [3.05, 3.63) is 29.3 Å². The van der Waals surface area contributed by atoms with Crippen LogP contribution in [0.25, 0.3) is 0 Å². The molecule has 18 heavy (non-hydrogen) atoms. The van der Waals surface area contributed by atoms with Crippen LogP contribution >= 0.6 is 0 Å². The predicted molar refractivity (Wildman–Crippen MR) is 67.7 cm³/mol. The third-order valence-electron chi connectivity index (χ3n) is 2.37. The van der Waals surface area contributed by atoms with E-state index in [4.69, 9.17) is 14.7 Å². The smallest absolute Gasteiger partial charge is 0.163 e. The highest BCUT2D eigenvalue weighted by Gasteiger charge is 2.12. The van der Waals surface area contributed by atoms with Gasteiger partial charge < -0.3 is 9.47 Å². The molecule has 0 amide bonds. The zero-order valence-electron chi connectivity index (χ0n) is 10.9. The fourth-order valence-electron chi connectivity index (χ4n) is 1.51. The van der Waals surface area contributed by atoms with E-state index in [1.165, 1.54) is 6.92 Å². The highest BCUT2D eigenvalue weighted by Crippen LogP contribution is 2.22. The van der Waals surface area contributed by atoms with Crippen LogP contribution < -0.4 is 4.74 Å². The fraction of sp³-hybridized carbons (Fsp3) is 0.429. The zero-order valence-corrected chi connectivity index (χ0v) is 10.9. The van der Waals surface area contributed by atoms with Crippen LogP contribution in [0.15, 0.2) is 18.2 Å². The maximum atomic E-state index is 11.5. The molecule has 4 heteroatoms. The Bertz CT molecular complexity index is 463. The summed E-state index contributed by atoms with van der Waals surface area (Å²) in [4.78, 5) is 11.5. The Morgan fingerprint density at radius 3 is 2.78 bits per heavy atom. The molecule has 0 aliphatic carbocycles. The van der Waals surface area contributed by atoms with Crippen molar-refractivity contribution in [1.29, 1.82) is 5.26 Å². The molecule has 0 aliphatic rings. The lowest BCUT2D eigenvalue weighted by molar-refractivity contribution is 0.0648. The van der Waals surface area contributed by atoms with Gasteiger partial charge in [-0.25, -0.2) is 0 Å². The molecule has 96 valence electrons. The molecule has 1 aromatic carbocycles. The molecule has 0 fully saturated rings. The summed E-state index contributed by atoms with van der Waals surface area (Å²) in [5.41, 5.74) is 0.955. The maximum absolute atomic E-state index is 11.5. The average Bonchev–Trinajstić information content (AvgIpc) is 2.35. The highest BCUT2D eigenvalue weighted by atomic mass is 16.5. The number of ether oxygens (including phenoxy) is 2. The van der Waals surface area contributed by atoms with Gasteiger partial charge in [0, 0.05) is 6.61 Å². The van der Waals surface area contributed by atoms with Crippen LogP contribution in [0.5, 0.6) is 5.75 Å². The van der Waals surface area contributed by atoms with Gasteiger partial charge in [-0.3, -0.25) is 4.79 Å². The number of nitriles is 1. The Kier molecular flexibility index (Phi) is 5.34. The van der Waals surface area contributed by atoms with E-state index in [0.717, 1.165) is 0 Å². The van der Waals surface area contributed by atoms with E-state index in [2.05, 4.69) is 0 Å². The summed E-state index contributed by atoms with van der Waals surface area (Å²) in [5.74, 6) is 0.354. The van der Waals surface area contributed by atoms with Crippen molar-refractivity contribution in [2.45, 2.75) is 26.9 Å². The Balaban J connectivity index is 2.91. The van der Waals surface area contributed by atoms with Crippen LogP contribution in [0, 0.1) is 11.3 Å². The quantitative estimate of drug-likeness (QED) is 0.725. The molecule has 0 heterocycles. The van der Waals surface area contributed by atoms with E-state index in [1.54, 1.807) is 18.2 Å². The number of carbonyl (C=O) groups excluding carboxylic acids is 1. The van der Waals surface area contributed by atoms with Gasteiger partial charge in [-0.1, -0.05) is 0 Å². The zero-order chi connectivity index (χ0) is 13.5. The Hall–Kier alpha value is -1.86. The van der Waals surface area contributed by atoms with Gasteiger partial charge in [0.15, 0.2) is 5.78 Å². The average molecular weight is 247 g/mol. The number of nitrogens with zero attached hydrogens (tertiary/aromatic N) is 1. The lowest BCUT2D eigenvalue weighted by Crippen LogP contribution is -2.20. The molecule has 0 bridgehead atoms. The van der Waals surface area contributed by atoms with Gasteiger partial charge in [-0.15, -0.1) is 0 Å². The van der Waals surface area contributed by atoms with Crippen LogP contribution in [0.1, 0.15) is 36.7 Å². The number of rotatable bonds is 6. The third-order valence-corrected chi connectivity index (χ3v) is 2.37. The second-order valence-electron chi connectivity index (χ2n) is 3.97. The van der Waals surface area contributed by atoms with Crippen molar-refractivity contribution in [2.24, 2.45) is 0 Å². The predicted octanol–water partition coefficient (Wildman–Crippen LogP) is 2.56. The topological polar surface area (TPSA) is 59.3 Å². The molecule has 0 aliphatic heterocycles. The Morgan fingerprint density at radius 1 is 1.50 bits per heavy atom. The minimum absolute atomic E-state index is 0.0851.